The summed E-state index contributed by atoms with van der Waals surface area (Å²) in [6.07, 6.45) is 1.79. The number of aromatic nitrogens is 1. The molecule has 0 unspecified atom stereocenters. The summed E-state index contributed by atoms with van der Waals surface area (Å²) in [4.78, 5) is 39.8. The van der Waals surface area contributed by atoms with Crippen molar-refractivity contribution < 1.29 is 14.4 Å². The molecule has 1 aromatic rings. The van der Waals surface area contributed by atoms with E-state index in [1.54, 1.807) is 9.47 Å². The van der Waals surface area contributed by atoms with E-state index in [0.29, 0.717) is 44.7 Å². The Morgan fingerprint density at radius 1 is 1.33 bits per heavy atom. The molecule has 0 aromatic carbocycles. The van der Waals surface area contributed by atoms with Crippen LogP contribution in [0.3, 0.4) is 0 Å². The molecular formula is C17H24N4O3. The molecule has 1 saturated heterocycles. The van der Waals surface area contributed by atoms with Gasteiger partial charge >= 0.3 is 0 Å². The predicted octanol–water partition coefficient (Wildman–Crippen LogP) is 0.267. The summed E-state index contributed by atoms with van der Waals surface area (Å²) in [7, 11) is 1.81. The maximum Gasteiger partial charge on any atom is 0.265 e. The van der Waals surface area contributed by atoms with E-state index in [1.165, 1.54) is 0 Å². The van der Waals surface area contributed by atoms with Crippen LogP contribution in [0.2, 0.25) is 0 Å². The molecule has 0 aliphatic carbocycles. The summed E-state index contributed by atoms with van der Waals surface area (Å²) in [6.45, 7) is 4.23. The molecule has 2 N–H and O–H groups in total. The SMILES string of the molecule is CCN1C[C@@H](C(=O)N2CCc3cc(C(N)=O)n(C)c3C2)CCC1=O. The predicted molar refractivity (Wildman–Crippen MR) is 88.0 cm³/mol. The minimum Gasteiger partial charge on any atom is -0.364 e. The Morgan fingerprint density at radius 3 is 2.75 bits per heavy atom. The second kappa shape index (κ2) is 6.30. The zero-order chi connectivity index (χ0) is 17.4. The van der Waals surface area contributed by atoms with Crippen LogP contribution in [0.4, 0.5) is 0 Å². The van der Waals surface area contributed by atoms with E-state index in [-0.39, 0.29) is 17.7 Å². The van der Waals surface area contributed by atoms with Crippen molar-refractivity contribution in [2.45, 2.75) is 32.7 Å². The molecule has 0 radical (unpaired) electrons. The van der Waals surface area contributed by atoms with Crippen molar-refractivity contribution in [3.05, 3.63) is 23.0 Å². The minimum atomic E-state index is -0.450. The molecule has 3 rings (SSSR count). The quantitative estimate of drug-likeness (QED) is 0.861. The van der Waals surface area contributed by atoms with E-state index in [9.17, 15) is 14.4 Å². The molecule has 3 amide bonds. The number of amides is 3. The summed E-state index contributed by atoms with van der Waals surface area (Å²) in [5, 5.41) is 0. The Bertz CT molecular complexity index is 694. The number of primary amides is 1. The van der Waals surface area contributed by atoms with E-state index in [1.807, 2.05) is 24.9 Å². The highest BCUT2D eigenvalue weighted by Gasteiger charge is 2.34. The highest BCUT2D eigenvalue weighted by atomic mass is 16.2. The third kappa shape index (κ3) is 2.79. The molecule has 2 aliphatic rings. The number of rotatable bonds is 3. The molecule has 7 nitrogen and oxygen atoms in total. The largest absolute Gasteiger partial charge is 0.364 e. The molecular weight excluding hydrogens is 308 g/mol. The number of hydrogen-bond donors (Lipinski definition) is 1. The first-order valence-electron chi connectivity index (χ1n) is 8.46. The molecule has 1 aromatic heterocycles. The van der Waals surface area contributed by atoms with Crippen LogP contribution in [0.15, 0.2) is 6.07 Å². The van der Waals surface area contributed by atoms with Crippen LogP contribution in [0.1, 0.15) is 41.5 Å². The highest BCUT2D eigenvalue weighted by molar-refractivity contribution is 5.92. The molecule has 0 saturated carbocycles. The Kier molecular flexibility index (Phi) is 4.34. The first kappa shape index (κ1) is 16.5. The van der Waals surface area contributed by atoms with E-state index in [4.69, 9.17) is 5.73 Å². The lowest BCUT2D eigenvalue weighted by molar-refractivity contribution is -0.143. The lowest BCUT2D eigenvalue weighted by atomic mass is 9.95. The zero-order valence-electron chi connectivity index (χ0n) is 14.2. The molecule has 1 fully saturated rings. The Balaban J connectivity index is 1.74. The number of carbonyl (C=O) groups is 3. The van der Waals surface area contributed by atoms with Crippen molar-refractivity contribution in [1.82, 2.24) is 14.4 Å². The molecule has 3 heterocycles. The maximum absolute atomic E-state index is 12.9. The van der Waals surface area contributed by atoms with Crippen molar-refractivity contribution >= 4 is 17.7 Å². The van der Waals surface area contributed by atoms with Gasteiger partial charge in [0.2, 0.25) is 11.8 Å². The first-order chi connectivity index (χ1) is 11.4. The van der Waals surface area contributed by atoms with Gasteiger partial charge in [-0.1, -0.05) is 0 Å². The van der Waals surface area contributed by atoms with Crippen molar-refractivity contribution in [3.8, 4) is 0 Å². The number of likely N-dealkylation sites (tertiary alicyclic amines) is 1. The van der Waals surface area contributed by atoms with Gasteiger partial charge < -0.3 is 20.1 Å². The number of hydrogen-bond acceptors (Lipinski definition) is 3. The monoisotopic (exact) mass is 332 g/mol. The number of piperidine rings is 1. The van der Waals surface area contributed by atoms with Gasteiger partial charge in [-0.2, -0.15) is 0 Å². The van der Waals surface area contributed by atoms with Crippen molar-refractivity contribution in [2.75, 3.05) is 19.6 Å². The fourth-order valence-corrected chi connectivity index (χ4v) is 3.75. The second-order valence-electron chi connectivity index (χ2n) is 6.60. The van der Waals surface area contributed by atoms with Crippen LogP contribution in [0, 0.1) is 5.92 Å². The topological polar surface area (TPSA) is 88.6 Å². The Morgan fingerprint density at radius 2 is 2.08 bits per heavy atom. The summed E-state index contributed by atoms with van der Waals surface area (Å²) in [5.41, 5.74) is 7.95. The lowest BCUT2D eigenvalue weighted by Crippen LogP contribution is -2.48. The first-order valence-corrected chi connectivity index (χ1v) is 8.46. The third-order valence-electron chi connectivity index (χ3n) is 5.23. The van der Waals surface area contributed by atoms with Gasteiger partial charge in [0.15, 0.2) is 0 Å². The van der Waals surface area contributed by atoms with Gasteiger partial charge in [-0.3, -0.25) is 14.4 Å². The van der Waals surface area contributed by atoms with E-state index >= 15 is 0 Å². The second-order valence-corrected chi connectivity index (χ2v) is 6.60. The average molecular weight is 332 g/mol. The standard InChI is InChI=1S/C17H24N4O3/c1-3-20-9-12(4-5-15(20)22)17(24)21-7-6-11-8-13(16(18)23)19(2)14(11)10-21/h8,12H,3-7,9-10H2,1-2H3,(H2,18,23)/t12-/m0/s1. The highest BCUT2D eigenvalue weighted by Crippen LogP contribution is 2.26. The molecule has 0 spiro atoms. The van der Waals surface area contributed by atoms with E-state index in [0.717, 1.165) is 17.7 Å². The fourth-order valence-electron chi connectivity index (χ4n) is 3.75. The van der Waals surface area contributed by atoms with Gasteiger partial charge in [-0.15, -0.1) is 0 Å². The number of nitrogens with two attached hydrogens (primary N) is 1. The van der Waals surface area contributed by atoms with E-state index in [2.05, 4.69) is 0 Å². The lowest BCUT2D eigenvalue weighted by Gasteiger charge is -2.36. The van der Waals surface area contributed by atoms with Crippen molar-refractivity contribution in [3.63, 3.8) is 0 Å². The minimum absolute atomic E-state index is 0.105. The summed E-state index contributed by atoms with van der Waals surface area (Å²) < 4.78 is 1.79. The number of carbonyl (C=O) groups excluding carboxylic acids is 3. The third-order valence-corrected chi connectivity index (χ3v) is 5.23. The van der Waals surface area contributed by atoms with Crippen LogP contribution in [0.5, 0.6) is 0 Å². The Labute approximate surface area is 141 Å². The van der Waals surface area contributed by atoms with Crippen LogP contribution >= 0.6 is 0 Å². The van der Waals surface area contributed by atoms with Crippen LogP contribution in [-0.4, -0.2) is 51.7 Å². The summed E-state index contributed by atoms with van der Waals surface area (Å²) in [5.74, 6) is -0.335. The van der Waals surface area contributed by atoms with Crippen LogP contribution in [0.25, 0.3) is 0 Å². The summed E-state index contributed by atoms with van der Waals surface area (Å²) >= 11 is 0. The van der Waals surface area contributed by atoms with E-state index < -0.39 is 5.91 Å². The van der Waals surface area contributed by atoms with Crippen molar-refractivity contribution in [1.29, 1.82) is 0 Å². The van der Waals surface area contributed by atoms with Crippen molar-refractivity contribution in [2.24, 2.45) is 18.7 Å². The van der Waals surface area contributed by atoms with Gasteiger partial charge in [0, 0.05) is 38.8 Å². The van der Waals surface area contributed by atoms with Gasteiger partial charge in [-0.25, -0.2) is 0 Å². The van der Waals surface area contributed by atoms with Gasteiger partial charge in [-0.05, 0) is 31.4 Å². The average Bonchev–Trinajstić information content (AvgIpc) is 2.91. The molecule has 2 aliphatic heterocycles. The number of nitrogens with zero attached hydrogens (tertiary/aromatic N) is 3. The molecule has 24 heavy (non-hydrogen) atoms. The van der Waals surface area contributed by atoms with Gasteiger partial charge in [0.1, 0.15) is 5.69 Å². The fraction of sp³-hybridized carbons (Fsp3) is 0.588. The zero-order valence-corrected chi connectivity index (χ0v) is 14.2. The summed E-state index contributed by atoms with van der Waals surface area (Å²) in [6, 6.07) is 1.83. The smallest absolute Gasteiger partial charge is 0.265 e. The molecule has 130 valence electrons. The van der Waals surface area contributed by atoms with Crippen LogP contribution < -0.4 is 5.73 Å². The van der Waals surface area contributed by atoms with Gasteiger partial charge in [0.05, 0.1) is 12.5 Å². The van der Waals surface area contributed by atoms with Gasteiger partial charge in [0.25, 0.3) is 5.91 Å². The Hall–Kier alpha value is -2.31. The normalized spacial score (nSPS) is 20.9. The maximum atomic E-state index is 12.9. The van der Waals surface area contributed by atoms with Crippen LogP contribution in [-0.2, 0) is 29.6 Å². The number of fused-ring (bicyclic) bond motifs is 1. The molecule has 1 atom stereocenters. The molecule has 0 bridgehead atoms. The molecule has 7 heteroatoms.